The van der Waals surface area contributed by atoms with Crippen LogP contribution in [-0.4, -0.2) is 13.0 Å². The van der Waals surface area contributed by atoms with Crippen LogP contribution in [0.5, 0.6) is 0 Å². The largest absolute Gasteiger partial charge is 0.379 e. The van der Waals surface area contributed by atoms with E-state index < -0.39 is 0 Å². The minimum absolute atomic E-state index is 0.00508. The predicted octanol–water partition coefficient (Wildman–Crippen LogP) is 3.29. The first-order valence-electron chi connectivity index (χ1n) is 6.90. The Morgan fingerprint density at radius 1 is 1.19 bits per heavy atom. The molecular weight excluding hydrogens is 267 g/mol. The summed E-state index contributed by atoms with van der Waals surface area (Å²) in [6.07, 6.45) is 0.371. The van der Waals surface area contributed by atoms with Gasteiger partial charge in [0, 0.05) is 18.8 Å². The molecule has 0 aliphatic rings. The fourth-order valence-corrected chi connectivity index (χ4v) is 2.10. The van der Waals surface area contributed by atoms with Gasteiger partial charge in [0.25, 0.3) is 0 Å². The van der Waals surface area contributed by atoms with Crippen LogP contribution >= 0.6 is 0 Å². The van der Waals surface area contributed by atoms with Gasteiger partial charge in [0.1, 0.15) is 5.82 Å². The van der Waals surface area contributed by atoms with E-state index in [1.165, 1.54) is 12.1 Å². The fourth-order valence-electron chi connectivity index (χ4n) is 2.10. The lowest BCUT2D eigenvalue weighted by Crippen LogP contribution is -2.19. The van der Waals surface area contributed by atoms with Gasteiger partial charge in [-0.05, 0) is 42.3 Å². The number of likely N-dealkylation sites (N-methyl/N-ethyl adjacent to an activating group) is 1. The van der Waals surface area contributed by atoms with Crippen LogP contribution < -0.4 is 10.6 Å². The molecule has 2 aromatic carbocycles. The molecule has 1 atom stereocenters. The molecule has 2 aromatic rings. The van der Waals surface area contributed by atoms with E-state index in [1.807, 2.05) is 37.3 Å². The van der Waals surface area contributed by atoms with Gasteiger partial charge in [-0.25, -0.2) is 4.39 Å². The summed E-state index contributed by atoms with van der Waals surface area (Å²) >= 11 is 0. The van der Waals surface area contributed by atoms with Crippen LogP contribution in [0.15, 0.2) is 48.5 Å². The van der Waals surface area contributed by atoms with E-state index in [0.717, 1.165) is 16.8 Å². The first-order valence-corrected chi connectivity index (χ1v) is 6.90. The Morgan fingerprint density at radius 2 is 1.90 bits per heavy atom. The summed E-state index contributed by atoms with van der Waals surface area (Å²) in [7, 11) is 1.62. The van der Waals surface area contributed by atoms with E-state index in [0.29, 0.717) is 6.42 Å². The van der Waals surface area contributed by atoms with Gasteiger partial charge in [0.15, 0.2) is 0 Å². The van der Waals surface area contributed by atoms with Crippen LogP contribution in [0.25, 0.3) is 0 Å². The lowest BCUT2D eigenvalue weighted by molar-refractivity contribution is -0.119. The van der Waals surface area contributed by atoms with Gasteiger partial charge in [-0.15, -0.1) is 0 Å². The van der Waals surface area contributed by atoms with Gasteiger partial charge in [-0.2, -0.15) is 0 Å². The summed E-state index contributed by atoms with van der Waals surface area (Å²) < 4.78 is 13.2. The zero-order chi connectivity index (χ0) is 15.2. The van der Waals surface area contributed by atoms with E-state index in [-0.39, 0.29) is 17.8 Å². The molecule has 2 N–H and O–H groups in total. The molecule has 2 rings (SSSR count). The van der Waals surface area contributed by atoms with Gasteiger partial charge in [0.05, 0.1) is 6.42 Å². The zero-order valence-corrected chi connectivity index (χ0v) is 12.2. The predicted molar refractivity (Wildman–Crippen MR) is 82.7 cm³/mol. The average Bonchev–Trinajstić information content (AvgIpc) is 2.49. The second-order valence-electron chi connectivity index (χ2n) is 4.97. The Kier molecular flexibility index (Phi) is 4.93. The molecule has 0 fully saturated rings. The molecule has 4 heteroatoms. The van der Waals surface area contributed by atoms with Gasteiger partial charge < -0.3 is 10.6 Å². The number of anilines is 1. The molecule has 0 aliphatic heterocycles. The highest BCUT2D eigenvalue weighted by atomic mass is 19.1. The van der Waals surface area contributed by atoms with Crippen molar-refractivity contribution in [3.8, 4) is 0 Å². The van der Waals surface area contributed by atoms with Crippen molar-refractivity contribution in [2.75, 3.05) is 12.4 Å². The van der Waals surface area contributed by atoms with Crippen LogP contribution in [0.3, 0.4) is 0 Å². The number of hydrogen-bond acceptors (Lipinski definition) is 2. The third-order valence-corrected chi connectivity index (χ3v) is 3.33. The molecule has 110 valence electrons. The van der Waals surface area contributed by atoms with Crippen molar-refractivity contribution in [3.05, 3.63) is 65.5 Å². The summed E-state index contributed by atoms with van der Waals surface area (Å²) in [4.78, 5) is 11.3. The van der Waals surface area contributed by atoms with E-state index in [1.54, 1.807) is 13.1 Å². The van der Waals surface area contributed by atoms with Crippen molar-refractivity contribution in [3.63, 3.8) is 0 Å². The molecule has 0 bridgehead atoms. The molecule has 0 aliphatic carbocycles. The smallest absolute Gasteiger partial charge is 0.224 e. The summed E-state index contributed by atoms with van der Waals surface area (Å²) in [5.74, 6) is -0.245. The lowest BCUT2D eigenvalue weighted by atomic mass is 10.1. The molecule has 3 nitrogen and oxygen atoms in total. The number of rotatable bonds is 5. The van der Waals surface area contributed by atoms with Gasteiger partial charge in [-0.3, -0.25) is 4.79 Å². The molecule has 0 saturated carbocycles. The Morgan fingerprint density at radius 3 is 2.52 bits per heavy atom. The van der Waals surface area contributed by atoms with Crippen molar-refractivity contribution in [2.24, 2.45) is 0 Å². The highest BCUT2D eigenvalue weighted by Gasteiger charge is 2.06. The summed E-state index contributed by atoms with van der Waals surface area (Å²) in [5.41, 5.74) is 2.79. The number of benzene rings is 2. The molecule has 0 heterocycles. The third kappa shape index (κ3) is 4.31. The highest BCUT2D eigenvalue weighted by molar-refractivity contribution is 5.78. The van der Waals surface area contributed by atoms with Crippen molar-refractivity contribution >= 4 is 11.6 Å². The third-order valence-electron chi connectivity index (χ3n) is 3.33. The Labute approximate surface area is 124 Å². The number of nitrogens with one attached hydrogen (secondary N) is 2. The van der Waals surface area contributed by atoms with Crippen LogP contribution in [0, 0.1) is 5.82 Å². The molecule has 1 amide bonds. The van der Waals surface area contributed by atoms with Crippen molar-refractivity contribution in [1.82, 2.24) is 5.32 Å². The van der Waals surface area contributed by atoms with Crippen LogP contribution in [-0.2, 0) is 11.2 Å². The number of halogens is 1. The SMILES string of the molecule is CNC(=O)Cc1ccc(NC(C)c2cccc(F)c2)cc1. The van der Waals surface area contributed by atoms with E-state index >= 15 is 0 Å². The zero-order valence-electron chi connectivity index (χ0n) is 12.2. The second-order valence-corrected chi connectivity index (χ2v) is 4.97. The Hall–Kier alpha value is -2.36. The molecule has 0 radical (unpaired) electrons. The maximum absolute atomic E-state index is 13.2. The highest BCUT2D eigenvalue weighted by Crippen LogP contribution is 2.20. The van der Waals surface area contributed by atoms with Crippen molar-refractivity contribution in [2.45, 2.75) is 19.4 Å². The van der Waals surface area contributed by atoms with Crippen molar-refractivity contribution < 1.29 is 9.18 Å². The monoisotopic (exact) mass is 286 g/mol. The molecule has 1 unspecified atom stereocenters. The Balaban J connectivity index is 2.01. The van der Waals surface area contributed by atoms with Gasteiger partial charge in [-0.1, -0.05) is 24.3 Å². The average molecular weight is 286 g/mol. The summed E-state index contributed by atoms with van der Waals surface area (Å²) in [6, 6.07) is 14.2. The number of hydrogen-bond donors (Lipinski definition) is 2. The minimum atomic E-state index is -0.234. The van der Waals surface area contributed by atoms with Crippen LogP contribution in [0.4, 0.5) is 10.1 Å². The topological polar surface area (TPSA) is 41.1 Å². The number of carbonyl (C=O) groups excluding carboxylic acids is 1. The van der Waals surface area contributed by atoms with Gasteiger partial charge in [0.2, 0.25) is 5.91 Å². The minimum Gasteiger partial charge on any atom is -0.379 e. The van der Waals surface area contributed by atoms with Crippen molar-refractivity contribution in [1.29, 1.82) is 0 Å². The van der Waals surface area contributed by atoms with Gasteiger partial charge >= 0.3 is 0 Å². The van der Waals surface area contributed by atoms with Crippen LogP contribution in [0.2, 0.25) is 0 Å². The maximum Gasteiger partial charge on any atom is 0.224 e. The normalized spacial score (nSPS) is 11.8. The van der Waals surface area contributed by atoms with E-state index in [2.05, 4.69) is 10.6 Å². The molecule has 0 saturated heterocycles. The quantitative estimate of drug-likeness (QED) is 0.885. The summed E-state index contributed by atoms with van der Waals surface area (Å²) in [5, 5.41) is 5.91. The standard InChI is InChI=1S/C17H19FN2O/c1-12(14-4-3-5-15(18)11-14)20-16-8-6-13(7-9-16)10-17(21)19-2/h3-9,11-12,20H,10H2,1-2H3,(H,19,21). The first kappa shape index (κ1) is 15.0. The lowest BCUT2D eigenvalue weighted by Gasteiger charge is -2.16. The molecule has 0 spiro atoms. The van der Waals surface area contributed by atoms with E-state index in [4.69, 9.17) is 0 Å². The summed E-state index contributed by atoms with van der Waals surface area (Å²) in [6.45, 7) is 1.98. The molecule has 21 heavy (non-hydrogen) atoms. The second kappa shape index (κ2) is 6.88. The molecule has 0 aromatic heterocycles. The number of amides is 1. The van der Waals surface area contributed by atoms with Crippen LogP contribution in [0.1, 0.15) is 24.1 Å². The first-order chi connectivity index (χ1) is 10.1. The number of carbonyl (C=O) groups is 1. The fraction of sp³-hybridized carbons (Fsp3) is 0.235. The Bertz CT molecular complexity index is 610. The maximum atomic E-state index is 13.2. The van der Waals surface area contributed by atoms with E-state index in [9.17, 15) is 9.18 Å². The molecular formula is C17H19FN2O.